The molecule has 0 spiro atoms. The van der Waals surface area contributed by atoms with Crippen molar-refractivity contribution >= 4 is 34.1 Å². The Morgan fingerprint density at radius 2 is 2.09 bits per heavy atom. The molecule has 11 heteroatoms. The average molecular weight is 336 g/mol. The molecule has 0 aliphatic rings. The van der Waals surface area contributed by atoms with Crippen LogP contribution in [0.3, 0.4) is 0 Å². The van der Waals surface area contributed by atoms with Crippen molar-refractivity contribution in [2.24, 2.45) is 0 Å². The number of nitro groups is 1. The van der Waals surface area contributed by atoms with Crippen LogP contribution in [0.25, 0.3) is 16.8 Å². The van der Waals surface area contributed by atoms with Crippen LogP contribution < -0.4 is 0 Å². The van der Waals surface area contributed by atoms with Crippen LogP contribution in [0.1, 0.15) is 11.3 Å². The molecule has 2 rings (SSSR count). The molecule has 0 radical (unpaired) electrons. The highest BCUT2D eigenvalue weighted by molar-refractivity contribution is 6.34. The first-order valence-electron chi connectivity index (χ1n) is 5.41. The number of hydrogen-bond donors (Lipinski definition) is 2. The average Bonchev–Trinajstić information content (AvgIpc) is 2.43. The molecule has 2 N–H and O–H groups in total. The van der Waals surface area contributed by atoms with Gasteiger partial charge in [0.05, 0.1) is 22.2 Å². The molecule has 0 amide bonds. The highest BCUT2D eigenvalue weighted by atomic mass is 35.5. The quantitative estimate of drug-likeness (QED) is 0.492. The topological polar surface area (TPSA) is 109 Å². The summed E-state index contributed by atoms with van der Waals surface area (Å²) in [5, 5.41) is 27.8. The number of halogens is 4. The molecule has 0 atom stereocenters. The van der Waals surface area contributed by atoms with Crippen molar-refractivity contribution < 1.29 is 28.3 Å². The third-order valence-electron chi connectivity index (χ3n) is 2.62. The van der Waals surface area contributed by atoms with Crippen molar-refractivity contribution in [3.8, 4) is 0 Å². The molecule has 0 saturated heterocycles. The van der Waals surface area contributed by atoms with E-state index >= 15 is 0 Å². The summed E-state index contributed by atoms with van der Waals surface area (Å²) in [4.78, 5) is 17.1. The zero-order valence-corrected chi connectivity index (χ0v) is 11.1. The molecule has 0 fully saturated rings. The van der Waals surface area contributed by atoms with Crippen LogP contribution >= 0.6 is 11.6 Å². The summed E-state index contributed by atoms with van der Waals surface area (Å²) in [6.07, 6.45) is -3.81. The Morgan fingerprint density at radius 1 is 1.45 bits per heavy atom. The van der Waals surface area contributed by atoms with E-state index in [0.717, 1.165) is 6.20 Å². The number of alkyl halides is 3. The summed E-state index contributed by atoms with van der Waals surface area (Å²) < 4.78 is 38.5. The van der Waals surface area contributed by atoms with Crippen molar-refractivity contribution in [1.29, 1.82) is 0 Å². The molecular formula is C11H5ClF3N3O4. The van der Waals surface area contributed by atoms with Crippen LogP contribution in [0, 0.1) is 10.1 Å². The number of benzene rings is 1. The highest BCUT2D eigenvalue weighted by Gasteiger charge is 2.38. The molecule has 0 bridgehead atoms. The second-order valence-corrected chi connectivity index (χ2v) is 4.36. The molecule has 0 aliphatic heterocycles. The first-order chi connectivity index (χ1) is 10.2. The van der Waals surface area contributed by atoms with E-state index in [4.69, 9.17) is 16.7 Å². The summed E-state index contributed by atoms with van der Waals surface area (Å²) in [5.74, 6) is -0.764. The lowest BCUT2D eigenvalue weighted by molar-refractivity contribution is -0.383. The predicted molar refractivity (Wildman–Crippen MR) is 69.4 cm³/mol. The third kappa shape index (κ3) is 2.60. The molecule has 1 aromatic carbocycles. The van der Waals surface area contributed by atoms with E-state index in [2.05, 4.69) is 9.97 Å². The van der Waals surface area contributed by atoms with Crippen molar-refractivity contribution in [3.05, 3.63) is 44.9 Å². The molecular weight excluding hydrogens is 331 g/mol. The molecule has 7 nitrogen and oxygen atoms in total. The zero-order chi connectivity index (χ0) is 16.7. The van der Waals surface area contributed by atoms with Crippen molar-refractivity contribution in [2.75, 3.05) is 0 Å². The minimum absolute atomic E-state index is 0.257. The molecule has 116 valence electrons. The molecule has 1 heterocycles. The third-order valence-corrected chi connectivity index (χ3v) is 3.01. The summed E-state index contributed by atoms with van der Waals surface area (Å²) in [6.45, 7) is 0. The maximum Gasteiger partial charge on any atom is 0.418 e. The van der Waals surface area contributed by atoms with Gasteiger partial charge in [-0.1, -0.05) is 11.6 Å². The van der Waals surface area contributed by atoms with Gasteiger partial charge in [-0.3, -0.25) is 15.1 Å². The molecule has 0 saturated carbocycles. The van der Waals surface area contributed by atoms with Crippen LogP contribution in [0.5, 0.6) is 0 Å². The fraction of sp³-hybridized carbons (Fsp3) is 0.0909. The van der Waals surface area contributed by atoms with Gasteiger partial charge < -0.3 is 10.2 Å². The van der Waals surface area contributed by atoms with E-state index in [1.54, 1.807) is 0 Å². The van der Waals surface area contributed by atoms with Gasteiger partial charge in [-0.2, -0.15) is 13.2 Å². The second kappa shape index (κ2) is 5.30. The Morgan fingerprint density at radius 3 is 2.59 bits per heavy atom. The first-order valence-corrected chi connectivity index (χ1v) is 5.79. The normalized spacial score (nSPS) is 12.6. The first kappa shape index (κ1) is 15.8. The van der Waals surface area contributed by atoms with Gasteiger partial charge in [-0.15, -0.1) is 0 Å². The number of nitro benzene ring substituents is 1. The number of fused-ring (bicyclic) bond motifs is 1. The van der Waals surface area contributed by atoms with Gasteiger partial charge in [0, 0.05) is 0 Å². The Labute approximate surface area is 124 Å². The minimum atomic E-state index is -4.91. The van der Waals surface area contributed by atoms with Gasteiger partial charge in [0.15, 0.2) is 11.3 Å². The number of nitrogens with zero attached hydrogens (tertiary/aromatic N) is 3. The summed E-state index contributed by atoms with van der Waals surface area (Å²) in [5.41, 5.74) is -3.86. The zero-order valence-electron chi connectivity index (χ0n) is 10.3. The van der Waals surface area contributed by atoms with E-state index in [1.807, 2.05) is 0 Å². The van der Waals surface area contributed by atoms with Crippen LogP contribution in [0.15, 0.2) is 18.5 Å². The van der Waals surface area contributed by atoms with E-state index in [9.17, 15) is 28.4 Å². The maximum atomic E-state index is 12.8. The number of aliphatic hydroxyl groups is 2. The molecule has 1 aromatic heterocycles. The Balaban J connectivity index is 2.91. The fourth-order valence-corrected chi connectivity index (χ4v) is 1.99. The SMILES string of the molecule is O=[N+]([O-])c1c(Cl)c(C(F)(F)F)cc2ncc(C(O)=CO)nc12. The van der Waals surface area contributed by atoms with Crippen molar-refractivity contribution in [2.45, 2.75) is 6.18 Å². The molecule has 0 aliphatic carbocycles. The van der Waals surface area contributed by atoms with Gasteiger partial charge >= 0.3 is 11.9 Å². The molecule has 2 aromatic rings. The van der Waals surface area contributed by atoms with Crippen LogP contribution in [-0.2, 0) is 6.18 Å². The Bertz CT molecular complexity index is 807. The van der Waals surface area contributed by atoms with Gasteiger partial charge in [-0.05, 0) is 6.07 Å². The number of rotatable bonds is 2. The fourth-order valence-electron chi connectivity index (χ4n) is 1.67. The summed E-state index contributed by atoms with van der Waals surface area (Å²) in [7, 11) is 0. The lowest BCUT2D eigenvalue weighted by Gasteiger charge is -2.10. The Kier molecular flexibility index (Phi) is 3.79. The number of aliphatic hydroxyl groups excluding tert-OH is 2. The number of hydrogen-bond acceptors (Lipinski definition) is 6. The van der Waals surface area contributed by atoms with Crippen molar-refractivity contribution in [3.63, 3.8) is 0 Å². The van der Waals surface area contributed by atoms with Gasteiger partial charge in [0.2, 0.25) is 0 Å². The standard InChI is InChI=1S/C11H5ClF3N3O4/c12-8-4(11(13,14)15)1-5-9(10(8)18(21)22)17-6(2-16-5)7(20)3-19/h1-3,19-20H. The lowest BCUT2D eigenvalue weighted by atomic mass is 10.1. The monoisotopic (exact) mass is 335 g/mol. The molecule has 0 unspecified atom stereocenters. The van der Waals surface area contributed by atoms with E-state index in [-0.39, 0.29) is 12.0 Å². The predicted octanol–water partition coefficient (Wildman–Crippen LogP) is 3.62. The second-order valence-electron chi connectivity index (χ2n) is 3.98. The van der Waals surface area contributed by atoms with Crippen LogP contribution in [0.4, 0.5) is 18.9 Å². The Hall–Kier alpha value is -2.62. The van der Waals surface area contributed by atoms with Crippen LogP contribution in [0.2, 0.25) is 5.02 Å². The molecule has 22 heavy (non-hydrogen) atoms. The number of aromatic nitrogens is 2. The lowest BCUT2D eigenvalue weighted by Crippen LogP contribution is -2.09. The highest BCUT2D eigenvalue weighted by Crippen LogP contribution is 2.42. The van der Waals surface area contributed by atoms with E-state index in [0.29, 0.717) is 6.07 Å². The summed E-state index contributed by atoms with van der Waals surface area (Å²) >= 11 is 5.48. The van der Waals surface area contributed by atoms with Gasteiger partial charge in [-0.25, -0.2) is 4.98 Å². The van der Waals surface area contributed by atoms with E-state index in [1.165, 1.54) is 0 Å². The largest absolute Gasteiger partial charge is 0.512 e. The smallest absolute Gasteiger partial charge is 0.418 e. The van der Waals surface area contributed by atoms with Gasteiger partial charge in [0.25, 0.3) is 0 Å². The minimum Gasteiger partial charge on any atom is -0.512 e. The van der Waals surface area contributed by atoms with E-state index < -0.39 is 44.2 Å². The maximum absolute atomic E-state index is 12.8. The van der Waals surface area contributed by atoms with Crippen LogP contribution in [-0.4, -0.2) is 25.1 Å². The van der Waals surface area contributed by atoms with Crippen molar-refractivity contribution in [1.82, 2.24) is 9.97 Å². The summed E-state index contributed by atoms with van der Waals surface area (Å²) in [6, 6.07) is 0.515. The van der Waals surface area contributed by atoms with Gasteiger partial charge in [0.1, 0.15) is 17.0 Å².